The first-order chi connectivity index (χ1) is 15.6. The largest absolute Gasteiger partial charge is 0.374 e. The molecule has 32 heavy (non-hydrogen) atoms. The molecule has 0 fully saturated rings. The number of hydrogen-bond donors (Lipinski definition) is 1. The van der Waals surface area contributed by atoms with Crippen LogP contribution in [0.4, 0.5) is 0 Å². The topological polar surface area (TPSA) is 122 Å². The maximum atomic E-state index is 12.5. The fourth-order valence-electron chi connectivity index (χ4n) is 2.84. The highest BCUT2D eigenvalue weighted by Crippen LogP contribution is 2.27. The summed E-state index contributed by atoms with van der Waals surface area (Å²) in [5.41, 5.74) is 9.08. The van der Waals surface area contributed by atoms with Crippen LogP contribution in [-0.4, -0.2) is 28.8 Å². The zero-order valence-corrected chi connectivity index (χ0v) is 18.3. The van der Waals surface area contributed by atoms with Gasteiger partial charge in [-0.05, 0) is 30.2 Å². The second kappa shape index (κ2) is 11.9. The summed E-state index contributed by atoms with van der Waals surface area (Å²) in [6, 6.07) is 19.1. The van der Waals surface area contributed by atoms with Crippen molar-refractivity contribution in [1.29, 1.82) is 0 Å². The van der Waals surface area contributed by atoms with Gasteiger partial charge in [0.2, 0.25) is 0 Å². The number of nitrogens with zero attached hydrogens (tertiary/aromatic N) is 4. The van der Waals surface area contributed by atoms with Gasteiger partial charge in [0, 0.05) is 15.4 Å². The molecule has 0 saturated heterocycles. The van der Waals surface area contributed by atoms with Gasteiger partial charge >= 0.3 is 5.69 Å². The molecule has 0 unspecified atom stereocenters. The first-order valence-corrected chi connectivity index (χ1v) is 10.7. The van der Waals surface area contributed by atoms with E-state index in [-0.39, 0.29) is 19.9 Å². The number of ether oxygens (including phenoxy) is 2. The molecule has 0 aliphatic heterocycles. The van der Waals surface area contributed by atoms with Crippen molar-refractivity contribution in [1.82, 2.24) is 9.55 Å². The Bertz CT molecular complexity index is 1170. The molecule has 0 aliphatic rings. The van der Waals surface area contributed by atoms with E-state index in [2.05, 4.69) is 15.0 Å². The normalized spacial score (nSPS) is 11.7. The third-order valence-corrected chi connectivity index (χ3v) is 5.76. The summed E-state index contributed by atoms with van der Waals surface area (Å²) in [7, 11) is 0. The van der Waals surface area contributed by atoms with Gasteiger partial charge < -0.3 is 9.47 Å². The molecule has 9 nitrogen and oxygen atoms in total. The minimum absolute atomic E-state index is 0.0452. The first kappa shape index (κ1) is 23.4. The second-order valence-corrected chi connectivity index (χ2v) is 7.93. The van der Waals surface area contributed by atoms with E-state index < -0.39 is 17.4 Å². The summed E-state index contributed by atoms with van der Waals surface area (Å²) in [4.78, 5) is 30.7. The lowest BCUT2D eigenvalue weighted by molar-refractivity contribution is -0.0476. The van der Waals surface area contributed by atoms with Crippen molar-refractivity contribution in [2.24, 2.45) is 5.11 Å². The summed E-state index contributed by atoms with van der Waals surface area (Å²) < 4.78 is 12.9. The van der Waals surface area contributed by atoms with Crippen LogP contribution in [-0.2, 0) is 22.8 Å². The molecule has 0 bridgehead atoms. The Morgan fingerprint density at radius 2 is 1.81 bits per heavy atom. The third-order valence-electron chi connectivity index (χ3n) is 4.53. The van der Waals surface area contributed by atoms with Gasteiger partial charge in [-0.15, -0.1) is 0 Å². The molecule has 0 saturated carbocycles. The molecule has 0 aliphatic carbocycles. The standard InChI is InChI=1S/C22H23N5O4S/c1-16-20(28)25-22(29)27(21(16)32-19-10-6-3-7-11-19)15-31-18(12-24-26-23)14-30-13-17-8-4-2-5-9-17/h2-11,18H,12-15H2,1H3,(H,25,28,29)/t18-/m0/s1. The highest BCUT2D eigenvalue weighted by atomic mass is 32.2. The number of rotatable bonds is 11. The summed E-state index contributed by atoms with van der Waals surface area (Å²) >= 11 is 1.30. The molecule has 10 heteroatoms. The number of benzene rings is 2. The zero-order valence-electron chi connectivity index (χ0n) is 17.5. The van der Waals surface area contributed by atoms with Crippen LogP contribution in [0.5, 0.6) is 0 Å². The smallest absolute Gasteiger partial charge is 0.331 e. The van der Waals surface area contributed by atoms with Gasteiger partial charge in [0.25, 0.3) is 5.56 Å². The van der Waals surface area contributed by atoms with Crippen molar-refractivity contribution in [3.63, 3.8) is 0 Å². The Morgan fingerprint density at radius 1 is 1.12 bits per heavy atom. The number of H-pyrrole nitrogens is 1. The van der Waals surface area contributed by atoms with Gasteiger partial charge in [-0.3, -0.25) is 14.3 Å². The van der Waals surface area contributed by atoms with Gasteiger partial charge in [-0.25, -0.2) is 4.79 Å². The average Bonchev–Trinajstić information content (AvgIpc) is 2.81. The van der Waals surface area contributed by atoms with Crippen molar-refractivity contribution in [3.05, 3.63) is 103 Å². The van der Waals surface area contributed by atoms with E-state index in [1.807, 2.05) is 60.7 Å². The fourth-order valence-corrected chi connectivity index (χ4v) is 3.85. The van der Waals surface area contributed by atoms with Gasteiger partial charge in [0.15, 0.2) is 0 Å². The monoisotopic (exact) mass is 453 g/mol. The van der Waals surface area contributed by atoms with Gasteiger partial charge in [0.1, 0.15) is 6.73 Å². The lowest BCUT2D eigenvalue weighted by atomic mass is 10.2. The van der Waals surface area contributed by atoms with Crippen molar-refractivity contribution >= 4 is 11.8 Å². The predicted octanol–water partition coefficient (Wildman–Crippen LogP) is 3.87. The molecule has 1 aromatic heterocycles. The minimum atomic E-state index is -0.577. The zero-order chi connectivity index (χ0) is 22.8. The number of aromatic amines is 1. The lowest BCUT2D eigenvalue weighted by Crippen LogP contribution is -2.35. The lowest BCUT2D eigenvalue weighted by Gasteiger charge is -2.19. The van der Waals surface area contributed by atoms with E-state index in [1.54, 1.807) is 6.92 Å². The highest BCUT2D eigenvalue weighted by molar-refractivity contribution is 7.99. The SMILES string of the molecule is Cc1c(Sc2ccccc2)n(CO[C@@H](CN=[N+]=[N-])COCc2ccccc2)c(=O)[nH]c1=O. The maximum absolute atomic E-state index is 12.5. The van der Waals surface area contributed by atoms with Crippen molar-refractivity contribution in [2.45, 2.75) is 36.3 Å². The third kappa shape index (κ3) is 6.60. The van der Waals surface area contributed by atoms with Crippen LogP contribution in [0.1, 0.15) is 11.1 Å². The van der Waals surface area contributed by atoms with Crippen molar-refractivity contribution < 1.29 is 9.47 Å². The Kier molecular flexibility index (Phi) is 8.70. The molecule has 3 rings (SSSR count). The van der Waals surface area contributed by atoms with Crippen LogP contribution in [0.3, 0.4) is 0 Å². The highest BCUT2D eigenvalue weighted by Gasteiger charge is 2.16. The van der Waals surface area contributed by atoms with Gasteiger partial charge in [-0.2, -0.15) is 0 Å². The quantitative estimate of drug-likeness (QED) is 0.204. The van der Waals surface area contributed by atoms with Crippen LogP contribution >= 0.6 is 11.8 Å². The van der Waals surface area contributed by atoms with Crippen LogP contribution in [0.15, 0.2) is 85.3 Å². The number of aromatic nitrogens is 2. The van der Waals surface area contributed by atoms with Crippen LogP contribution in [0.2, 0.25) is 0 Å². The molecule has 0 radical (unpaired) electrons. The number of azide groups is 1. The number of nitrogens with one attached hydrogen (secondary N) is 1. The molecule has 0 amide bonds. The average molecular weight is 454 g/mol. The van der Waals surface area contributed by atoms with Crippen molar-refractivity contribution in [2.75, 3.05) is 13.2 Å². The predicted molar refractivity (Wildman–Crippen MR) is 122 cm³/mol. The molecule has 0 spiro atoms. The molecule has 3 aromatic rings. The summed E-state index contributed by atoms with van der Waals surface area (Å²) in [6.45, 7) is 2.12. The first-order valence-electron chi connectivity index (χ1n) is 9.89. The molecule has 1 heterocycles. The Labute approximate surface area is 188 Å². The van der Waals surface area contributed by atoms with E-state index in [9.17, 15) is 9.59 Å². The van der Waals surface area contributed by atoms with E-state index in [0.717, 1.165) is 10.5 Å². The molecule has 2 aromatic carbocycles. The minimum Gasteiger partial charge on any atom is -0.374 e. The molecule has 166 valence electrons. The maximum Gasteiger partial charge on any atom is 0.331 e. The molecule has 1 N–H and O–H groups in total. The van der Waals surface area contributed by atoms with Crippen LogP contribution < -0.4 is 11.2 Å². The van der Waals surface area contributed by atoms with Gasteiger partial charge in [-0.1, -0.05) is 65.4 Å². The Morgan fingerprint density at radius 3 is 2.50 bits per heavy atom. The fraction of sp³-hybridized carbons (Fsp3) is 0.273. The molecular formula is C22H23N5O4S. The van der Waals surface area contributed by atoms with E-state index in [1.165, 1.54) is 16.3 Å². The molecular weight excluding hydrogens is 430 g/mol. The van der Waals surface area contributed by atoms with E-state index in [0.29, 0.717) is 17.2 Å². The van der Waals surface area contributed by atoms with Crippen LogP contribution in [0, 0.1) is 6.92 Å². The number of hydrogen-bond acceptors (Lipinski definition) is 6. The second-order valence-electron chi connectivity index (χ2n) is 6.86. The Hall–Kier alpha value is -3.30. The van der Waals surface area contributed by atoms with E-state index >= 15 is 0 Å². The van der Waals surface area contributed by atoms with Crippen molar-refractivity contribution in [3.8, 4) is 0 Å². The van der Waals surface area contributed by atoms with Crippen LogP contribution in [0.25, 0.3) is 10.4 Å². The van der Waals surface area contributed by atoms with E-state index in [4.69, 9.17) is 15.0 Å². The Balaban J connectivity index is 1.74. The summed E-state index contributed by atoms with van der Waals surface area (Å²) in [6.07, 6.45) is -0.566. The summed E-state index contributed by atoms with van der Waals surface area (Å²) in [5.74, 6) is 0. The van der Waals surface area contributed by atoms with Gasteiger partial charge in [0.05, 0.1) is 30.9 Å². The molecule has 1 atom stereocenters. The summed E-state index contributed by atoms with van der Waals surface area (Å²) in [5, 5.41) is 4.06.